The highest BCUT2D eigenvalue weighted by Gasteiger charge is 2.26. The number of aliphatic hydroxyl groups is 1. The van der Waals surface area contributed by atoms with Crippen LogP contribution in [0, 0.1) is 11.8 Å². The van der Waals surface area contributed by atoms with E-state index >= 15 is 0 Å². The molecule has 1 saturated carbocycles. The molecule has 0 spiro atoms. The van der Waals surface area contributed by atoms with Crippen molar-refractivity contribution in [3.05, 3.63) is 0 Å². The van der Waals surface area contributed by atoms with Crippen LogP contribution in [-0.4, -0.2) is 36.6 Å². The largest absolute Gasteiger partial charge is 0.396 e. The lowest BCUT2D eigenvalue weighted by Gasteiger charge is -2.17. The average Bonchev–Trinajstić information content (AvgIpc) is 2.73. The van der Waals surface area contributed by atoms with E-state index < -0.39 is 0 Å². The fourth-order valence-electron chi connectivity index (χ4n) is 2.31. The maximum atomic E-state index is 11.5. The van der Waals surface area contributed by atoms with Gasteiger partial charge in [0.05, 0.1) is 0 Å². The van der Waals surface area contributed by atoms with Crippen LogP contribution in [0.15, 0.2) is 0 Å². The third-order valence-electron chi connectivity index (χ3n) is 3.34. The molecule has 17 heavy (non-hydrogen) atoms. The second-order valence-corrected chi connectivity index (χ2v) is 4.67. The Bertz CT molecular complexity index is 268. The zero-order valence-corrected chi connectivity index (χ0v) is 10.4. The third kappa shape index (κ3) is 5.17. The van der Waals surface area contributed by atoms with Crippen LogP contribution in [0.4, 0.5) is 0 Å². The maximum absolute atomic E-state index is 11.5. The number of amides is 2. The van der Waals surface area contributed by atoms with E-state index in [2.05, 4.69) is 10.6 Å². The Labute approximate surface area is 102 Å². The van der Waals surface area contributed by atoms with Crippen molar-refractivity contribution in [3.63, 3.8) is 0 Å². The van der Waals surface area contributed by atoms with E-state index in [1.165, 1.54) is 6.92 Å². The number of hydrogen-bond donors (Lipinski definition) is 3. The van der Waals surface area contributed by atoms with Gasteiger partial charge in [-0.3, -0.25) is 9.59 Å². The number of hydrogen-bond acceptors (Lipinski definition) is 3. The lowest BCUT2D eigenvalue weighted by atomic mass is 9.97. The average molecular weight is 242 g/mol. The Hall–Kier alpha value is -1.10. The molecule has 1 rings (SSSR count). The van der Waals surface area contributed by atoms with Crippen molar-refractivity contribution in [2.45, 2.75) is 32.6 Å². The van der Waals surface area contributed by atoms with Crippen molar-refractivity contribution in [2.24, 2.45) is 11.8 Å². The molecule has 5 nitrogen and oxygen atoms in total. The molecule has 0 aromatic carbocycles. The lowest BCUT2D eigenvalue weighted by molar-refractivity contribution is -0.121. The van der Waals surface area contributed by atoms with Crippen LogP contribution in [0.25, 0.3) is 0 Å². The van der Waals surface area contributed by atoms with Crippen molar-refractivity contribution in [2.75, 3.05) is 19.7 Å². The normalized spacial score (nSPS) is 23.4. The van der Waals surface area contributed by atoms with Crippen LogP contribution in [0.1, 0.15) is 32.6 Å². The summed E-state index contributed by atoms with van der Waals surface area (Å²) in [7, 11) is 0. The highest BCUT2D eigenvalue weighted by molar-refractivity contribution is 5.77. The Morgan fingerprint density at radius 3 is 2.59 bits per heavy atom. The first-order valence-electron chi connectivity index (χ1n) is 6.25. The molecule has 0 aliphatic heterocycles. The quantitative estimate of drug-likeness (QED) is 0.615. The summed E-state index contributed by atoms with van der Waals surface area (Å²) in [4.78, 5) is 22.1. The molecular formula is C12H22N2O3. The van der Waals surface area contributed by atoms with Crippen molar-refractivity contribution >= 4 is 11.8 Å². The Kier molecular flexibility index (Phi) is 5.97. The molecule has 0 heterocycles. The second kappa shape index (κ2) is 7.27. The zero-order valence-electron chi connectivity index (χ0n) is 10.4. The van der Waals surface area contributed by atoms with E-state index in [4.69, 9.17) is 5.11 Å². The first-order valence-corrected chi connectivity index (χ1v) is 6.25. The first-order chi connectivity index (χ1) is 8.13. The van der Waals surface area contributed by atoms with Gasteiger partial charge in [0.1, 0.15) is 0 Å². The zero-order chi connectivity index (χ0) is 12.7. The summed E-state index contributed by atoms with van der Waals surface area (Å²) in [5, 5.41) is 14.6. The third-order valence-corrected chi connectivity index (χ3v) is 3.34. The molecular weight excluding hydrogens is 220 g/mol. The fourth-order valence-corrected chi connectivity index (χ4v) is 2.31. The molecule has 1 fully saturated rings. The molecule has 0 saturated heterocycles. The van der Waals surface area contributed by atoms with Gasteiger partial charge < -0.3 is 15.7 Å². The molecule has 0 aromatic rings. The molecule has 5 heteroatoms. The van der Waals surface area contributed by atoms with Gasteiger partial charge in [-0.25, -0.2) is 0 Å². The van der Waals surface area contributed by atoms with E-state index in [-0.39, 0.29) is 18.4 Å². The summed E-state index contributed by atoms with van der Waals surface area (Å²) in [6.07, 6.45) is 3.59. The van der Waals surface area contributed by atoms with Crippen LogP contribution in [-0.2, 0) is 9.59 Å². The number of carbonyl (C=O) groups is 2. The van der Waals surface area contributed by atoms with Crippen LogP contribution in [0.3, 0.4) is 0 Å². The summed E-state index contributed by atoms with van der Waals surface area (Å²) in [5.74, 6) is 0.589. The topological polar surface area (TPSA) is 78.4 Å². The number of carbonyl (C=O) groups excluding carboxylic acids is 2. The Morgan fingerprint density at radius 2 is 1.94 bits per heavy atom. The summed E-state index contributed by atoms with van der Waals surface area (Å²) in [5.41, 5.74) is 0. The summed E-state index contributed by atoms with van der Waals surface area (Å²) >= 11 is 0. The molecule has 0 aromatic heterocycles. The van der Waals surface area contributed by atoms with Gasteiger partial charge in [0, 0.05) is 33.0 Å². The predicted octanol–water partition coefficient (Wildman–Crippen LogP) is 0.0374. The van der Waals surface area contributed by atoms with E-state index in [9.17, 15) is 9.59 Å². The van der Waals surface area contributed by atoms with Crippen molar-refractivity contribution in [3.8, 4) is 0 Å². The second-order valence-electron chi connectivity index (χ2n) is 4.67. The van der Waals surface area contributed by atoms with Gasteiger partial charge in [0.25, 0.3) is 0 Å². The van der Waals surface area contributed by atoms with Gasteiger partial charge >= 0.3 is 0 Å². The molecule has 1 aliphatic carbocycles. The molecule has 2 atom stereocenters. The van der Waals surface area contributed by atoms with E-state index in [1.807, 2.05) is 0 Å². The molecule has 0 bridgehead atoms. The fraction of sp³-hybridized carbons (Fsp3) is 0.833. The van der Waals surface area contributed by atoms with Crippen LogP contribution < -0.4 is 10.6 Å². The van der Waals surface area contributed by atoms with E-state index in [0.717, 1.165) is 19.3 Å². The SMILES string of the molecule is CC(=O)NCCC(=O)NCC1CCCC1CO. The number of rotatable bonds is 6. The van der Waals surface area contributed by atoms with Crippen LogP contribution in [0.5, 0.6) is 0 Å². The van der Waals surface area contributed by atoms with E-state index in [1.54, 1.807) is 0 Å². The Morgan fingerprint density at radius 1 is 1.24 bits per heavy atom. The lowest BCUT2D eigenvalue weighted by Crippen LogP contribution is -2.34. The van der Waals surface area contributed by atoms with Crippen LogP contribution in [0.2, 0.25) is 0 Å². The minimum absolute atomic E-state index is 0.0395. The summed E-state index contributed by atoms with van der Waals surface area (Å²) in [6, 6.07) is 0. The number of aliphatic hydroxyl groups excluding tert-OH is 1. The van der Waals surface area contributed by atoms with E-state index in [0.29, 0.717) is 31.3 Å². The maximum Gasteiger partial charge on any atom is 0.221 e. The minimum Gasteiger partial charge on any atom is -0.396 e. The standard InChI is InChI=1S/C12H22N2O3/c1-9(16)13-6-5-12(17)14-7-10-3-2-4-11(10)8-15/h10-11,15H,2-8H2,1H3,(H,13,16)(H,14,17). The van der Waals surface area contributed by atoms with Gasteiger partial charge in [0.2, 0.25) is 11.8 Å². The molecule has 3 N–H and O–H groups in total. The summed E-state index contributed by atoms with van der Waals surface area (Å²) < 4.78 is 0. The highest BCUT2D eigenvalue weighted by atomic mass is 16.3. The first kappa shape index (κ1) is 14.0. The molecule has 2 unspecified atom stereocenters. The molecule has 1 aliphatic rings. The predicted molar refractivity (Wildman–Crippen MR) is 64.2 cm³/mol. The monoisotopic (exact) mass is 242 g/mol. The van der Waals surface area contributed by atoms with Gasteiger partial charge in [-0.1, -0.05) is 6.42 Å². The minimum atomic E-state index is -0.117. The number of nitrogens with one attached hydrogen (secondary N) is 2. The highest BCUT2D eigenvalue weighted by Crippen LogP contribution is 2.30. The smallest absolute Gasteiger partial charge is 0.221 e. The van der Waals surface area contributed by atoms with Crippen molar-refractivity contribution in [1.82, 2.24) is 10.6 Å². The van der Waals surface area contributed by atoms with Gasteiger partial charge in [-0.05, 0) is 24.7 Å². The Balaban J connectivity index is 2.12. The van der Waals surface area contributed by atoms with Gasteiger partial charge in [-0.15, -0.1) is 0 Å². The molecule has 98 valence electrons. The van der Waals surface area contributed by atoms with Gasteiger partial charge in [0.15, 0.2) is 0 Å². The van der Waals surface area contributed by atoms with Crippen molar-refractivity contribution in [1.29, 1.82) is 0 Å². The van der Waals surface area contributed by atoms with Crippen LogP contribution >= 0.6 is 0 Å². The summed E-state index contributed by atoms with van der Waals surface area (Å²) in [6.45, 7) is 2.67. The molecule has 2 amide bonds. The van der Waals surface area contributed by atoms with Crippen molar-refractivity contribution < 1.29 is 14.7 Å². The molecule has 0 radical (unpaired) electrons. The van der Waals surface area contributed by atoms with Gasteiger partial charge in [-0.2, -0.15) is 0 Å².